The van der Waals surface area contributed by atoms with Crippen molar-refractivity contribution in [2.75, 3.05) is 0 Å². The van der Waals surface area contributed by atoms with Crippen LogP contribution in [0.2, 0.25) is 0 Å². The van der Waals surface area contributed by atoms with E-state index < -0.39 is 5.97 Å². The van der Waals surface area contributed by atoms with Crippen molar-refractivity contribution in [2.45, 2.75) is 13.5 Å². The second-order valence-electron chi connectivity index (χ2n) is 4.77. The normalized spacial score (nSPS) is 10.7. The maximum atomic E-state index is 12.0. The van der Waals surface area contributed by atoms with Gasteiger partial charge in [-0.15, -0.1) is 11.3 Å². The van der Waals surface area contributed by atoms with Gasteiger partial charge in [0.25, 0.3) is 5.56 Å². The van der Waals surface area contributed by atoms with Crippen LogP contribution in [0, 0.1) is 6.92 Å². The van der Waals surface area contributed by atoms with Crippen LogP contribution in [0.25, 0.3) is 10.9 Å². The molecule has 0 spiro atoms. The molecule has 0 unspecified atom stereocenters. The smallest absolute Gasteiger partial charge is 0.348 e. The SMILES string of the molecule is Cc1ccc2cc(COC(=O)c3cccs3)c(=O)[nH]c2c1. The lowest BCUT2D eigenvalue weighted by atomic mass is 10.1. The fourth-order valence-electron chi connectivity index (χ4n) is 2.08. The van der Waals surface area contributed by atoms with Crippen LogP contribution in [0.1, 0.15) is 20.8 Å². The summed E-state index contributed by atoms with van der Waals surface area (Å²) in [4.78, 5) is 27.1. The van der Waals surface area contributed by atoms with Crippen molar-refractivity contribution in [3.63, 3.8) is 0 Å². The minimum absolute atomic E-state index is 0.0319. The standard InChI is InChI=1S/C16H13NO3S/c1-10-4-5-11-8-12(15(18)17-13(11)7-10)9-20-16(19)14-3-2-6-21-14/h2-8H,9H2,1H3,(H,17,18). The predicted octanol–water partition coefficient (Wildman–Crippen LogP) is 3.26. The lowest BCUT2D eigenvalue weighted by Crippen LogP contribution is -2.15. The molecule has 0 aliphatic heterocycles. The number of nitrogens with one attached hydrogen (secondary N) is 1. The second-order valence-corrected chi connectivity index (χ2v) is 5.72. The van der Waals surface area contributed by atoms with Crippen LogP contribution in [-0.2, 0) is 11.3 Å². The monoisotopic (exact) mass is 299 g/mol. The highest BCUT2D eigenvalue weighted by molar-refractivity contribution is 7.11. The quantitative estimate of drug-likeness (QED) is 0.755. The summed E-state index contributed by atoms with van der Waals surface area (Å²) in [5, 5.41) is 2.73. The van der Waals surface area contributed by atoms with Gasteiger partial charge in [0.2, 0.25) is 0 Å². The van der Waals surface area contributed by atoms with E-state index in [1.807, 2.05) is 30.5 Å². The molecule has 1 N–H and O–H groups in total. The summed E-state index contributed by atoms with van der Waals surface area (Å²) >= 11 is 1.31. The summed E-state index contributed by atoms with van der Waals surface area (Å²) in [6.45, 7) is 1.93. The molecule has 3 aromatic rings. The number of aryl methyl sites for hydroxylation is 1. The first-order chi connectivity index (χ1) is 10.1. The molecule has 1 aromatic carbocycles. The topological polar surface area (TPSA) is 59.2 Å². The van der Waals surface area contributed by atoms with Crippen molar-refractivity contribution in [3.05, 3.63) is 68.1 Å². The molecule has 21 heavy (non-hydrogen) atoms. The third kappa shape index (κ3) is 2.87. The number of aromatic amines is 1. The van der Waals surface area contributed by atoms with Gasteiger partial charge in [0.1, 0.15) is 11.5 Å². The zero-order valence-electron chi connectivity index (χ0n) is 11.4. The van der Waals surface area contributed by atoms with Gasteiger partial charge in [-0.1, -0.05) is 18.2 Å². The summed E-state index contributed by atoms with van der Waals surface area (Å²) in [7, 11) is 0. The minimum Gasteiger partial charge on any atom is -0.456 e. The molecule has 0 atom stereocenters. The molecule has 0 saturated carbocycles. The van der Waals surface area contributed by atoms with Crippen molar-refractivity contribution >= 4 is 28.2 Å². The molecule has 106 valence electrons. The summed E-state index contributed by atoms with van der Waals surface area (Å²) in [5.41, 5.74) is 2.08. The number of pyridine rings is 1. The Morgan fingerprint density at radius 2 is 2.14 bits per heavy atom. The number of rotatable bonds is 3. The zero-order valence-corrected chi connectivity index (χ0v) is 12.2. The minimum atomic E-state index is -0.409. The van der Waals surface area contributed by atoms with Crippen molar-refractivity contribution in [3.8, 4) is 0 Å². The fourth-order valence-corrected chi connectivity index (χ4v) is 2.69. The van der Waals surface area contributed by atoms with Crippen molar-refractivity contribution in [1.29, 1.82) is 0 Å². The van der Waals surface area contributed by atoms with E-state index in [2.05, 4.69) is 4.98 Å². The number of thiophene rings is 1. The Bertz CT molecular complexity index is 850. The number of hydrogen-bond acceptors (Lipinski definition) is 4. The molecule has 0 bridgehead atoms. The van der Waals surface area contributed by atoms with Gasteiger partial charge in [-0.05, 0) is 41.5 Å². The van der Waals surface area contributed by atoms with Gasteiger partial charge < -0.3 is 9.72 Å². The molecular weight excluding hydrogens is 286 g/mol. The third-order valence-electron chi connectivity index (χ3n) is 3.16. The highest BCUT2D eigenvalue weighted by Crippen LogP contribution is 2.15. The molecule has 0 fully saturated rings. The van der Waals surface area contributed by atoms with E-state index in [4.69, 9.17) is 4.74 Å². The zero-order chi connectivity index (χ0) is 14.8. The predicted molar refractivity (Wildman–Crippen MR) is 82.7 cm³/mol. The number of hydrogen-bond donors (Lipinski definition) is 1. The first-order valence-corrected chi connectivity index (χ1v) is 7.34. The molecule has 2 aromatic heterocycles. The Labute approximate surface area is 125 Å². The molecule has 4 nitrogen and oxygen atoms in total. The van der Waals surface area contributed by atoms with Crippen LogP contribution in [0.15, 0.2) is 46.6 Å². The number of carbonyl (C=O) groups excluding carboxylic acids is 1. The van der Waals surface area contributed by atoms with Gasteiger partial charge >= 0.3 is 5.97 Å². The van der Waals surface area contributed by atoms with E-state index in [9.17, 15) is 9.59 Å². The summed E-state index contributed by atoms with van der Waals surface area (Å²) < 4.78 is 5.18. The third-order valence-corrected chi connectivity index (χ3v) is 4.01. The van der Waals surface area contributed by atoms with Crippen LogP contribution in [0.5, 0.6) is 0 Å². The highest BCUT2D eigenvalue weighted by Gasteiger charge is 2.10. The van der Waals surface area contributed by atoms with Gasteiger partial charge in [0.15, 0.2) is 0 Å². The number of benzene rings is 1. The molecule has 0 amide bonds. The van der Waals surface area contributed by atoms with Crippen molar-refractivity contribution in [1.82, 2.24) is 4.98 Å². The molecular formula is C16H13NO3S. The van der Waals surface area contributed by atoms with Crippen LogP contribution in [-0.4, -0.2) is 11.0 Å². The van der Waals surface area contributed by atoms with Crippen LogP contribution in [0.3, 0.4) is 0 Å². The summed E-state index contributed by atoms with van der Waals surface area (Å²) in [5.74, 6) is -0.409. The average molecular weight is 299 g/mol. The van der Waals surface area contributed by atoms with Crippen LogP contribution < -0.4 is 5.56 Å². The number of fused-ring (bicyclic) bond motifs is 1. The van der Waals surface area contributed by atoms with Gasteiger partial charge in [-0.25, -0.2) is 4.79 Å². The fraction of sp³-hybridized carbons (Fsp3) is 0.125. The summed E-state index contributed by atoms with van der Waals surface area (Å²) in [6.07, 6.45) is 0. The Morgan fingerprint density at radius 3 is 2.90 bits per heavy atom. The van der Waals surface area contributed by atoms with E-state index in [1.54, 1.807) is 18.2 Å². The van der Waals surface area contributed by atoms with Gasteiger partial charge in [0.05, 0.1) is 5.56 Å². The first-order valence-electron chi connectivity index (χ1n) is 6.47. The number of H-pyrrole nitrogens is 1. The van der Waals surface area contributed by atoms with Crippen LogP contribution >= 0.6 is 11.3 Å². The average Bonchev–Trinajstić information content (AvgIpc) is 2.99. The Kier molecular flexibility index (Phi) is 3.58. The Hall–Kier alpha value is -2.40. The van der Waals surface area contributed by atoms with E-state index in [0.717, 1.165) is 16.5 Å². The molecule has 0 aliphatic carbocycles. The molecule has 0 saturated heterocycles. The van der Waals surface area contributed by atoms with E-state index >= 15 is 0 Å². The second kappa shape index (κ2) is 5.54. The number of esters is 1. The van der Waals surface area contributed by atoms with E-state index in [0.29, 0.717) is 10.4 Å². The maximum Gasteiger partial charge on any atom is 0.348 e. The number of aromatic nitrogens is 1. The van der Waals surface area contributed by atoms with Crippen molar-refractivity contribution in [2.24, 2.45) is 0 Å². The summed E-state index contributed by atoms with van der Waals surface area (Å²) in [6, 6.07) is 11.1. The van der Waals surface area contributed by atoms with Gasteiger partial charge in [0, 0.05) is 5.52 Å². The highest BCUT2D eigenvalue weighted by atomic mass is 32.1. The lowest BCUT2D eigenvalue weighted by Gasteiger charge is -2.05. The number of carbonyl (C=O) groups is 1. The Balaban J connectivity index is 1.84. The van der Waals surface area contributed by atoms with E-state index in [-0.39, 0.29) is 12.2 Å². The molecule has 3 rings (SSSR count). The molecule has 5 heteroatoms. The van der Waals surface area contributed by atoms with Gasteiger partial charge in [-0.3, -0.25) is 4.79 Å². The van der Waals surface area contributed by atoms with Crippen molar-refractivity contribution < 1.29 is 9.53 Å². The largest absolute Gasteiger partial charge is 0.456 e. The first kappa shape index (κ1) is 13.6. The van der Waals surface area contributed by atoms with E-state index in [1.165, 1.54) is 11.3 Å². The molecule has 0 radical (unpaired) electrons. The number of ether oxygens (including phenoxy) is 1. The maximum absolute atomic E-state index is 12.0. The van der Waals surface area contributed by atoms with Crippen LogP contribution in [0.4, 0.5) is 0 Å². The molecule has 2 heterocycles. The Morgan fingerprint density at radius 1 is 1.29 bits per heavy atom. The lowest BCUT2D eigenvalue weighted by molar-refractivity contribution is 0.0477. The molecule has 0 aliphatic rings. The van der Waals surface area contributed by atoms with Gasteiger partial charge in [-0.2, -0.15) is 0 Å².